The molecule has 0 bridgehead atoms. The van der Waals surface area contributed by atoms with Crippen LogP contribution in [0.15, 0.2) is 77.0 Å². The number of benzene rings is 2. The van der Waals surface area contributed by atoms with Crippen molar-refractivity contribution < 1.29 is 22.7 Å². The van der Waals surface area contributed by atoms with Crippen LogP contribution >= 0.6 is 0 Å². The molecule has 0 saturated heterocycles. The van der Waals surface area contributed by atoms with Crippen molar-refractivity contribution in [3.63, 3.8) is 0 Å². The first-order valence-electron chi connectivity index (χ1n) is 9.37. The fraction of sp³-hybridized carbons (Fsp3) is 0.143. The van der Waals surface area contributed by atoms with Crippen molar-refractivity contribution >= 4 is 23.8 Å². The number of carbonyl (C=O) groups excluding carboxylic acids is 1. The summed E-state index contributed by atoms with van der Waals surface area (Å²) < 4.78 is 42.6. The van der Waals surface area contributed by atoms with E-state index in [-0.39, 0.29) is 17.5 Å². The van der Waals surface area contributed by atoms with Crippen LogP contribution < -0.4 is 15.8 Å². The van der Waals surface area contributed by atoms with Crippen LogP contribution in [0, 0.1) is 0 Å². The van der Waals surface area contributed by atoms with E-state index in [0.717, 1.165) is 0 Å². The average molecular weight is 444 g/mol. The maximum absolute atomic E-state index is 12.3. The number of aromatic nitrogens is 2. The third-order valence-corrected chi connectivity index (χ3v) is 4.06. The number of alkyl halides is 3. The van der Waals surface area contributed by atoms with E-state index in [1.54, 1.807) is 47.4 Å². The topological polar surface area (TPSA) is 107 Å². The predicted molar refractivity (Wildman–Crippen MR) is 114 cm³/mol. The number of rotatable bonds is 7. The zero-order valence-electron chi connectivity index (χ0n) is 16.7. The molecule has 166 valence electrons. The Morgan fingerprint density at radius 2 is 1.88 bits per heavy atom. The molecule has 8 nitrogen and oxygen atoms in total. The Labute approximate surface area is 181 Å². The number of nitrogens with zero attached hydrogens (tertiary/aromatic N) is 4. The van der Waals surface area contributed by atoms with Gasteiger partial charge in [-0.15, -0.1) is 13.2 Å². The van der Waals surface area contributed by atoms with E-state index in [9.17, 15) is 18.0 Å². The van der Waals surface area contributed by atoms with Gasteiger partial charge in [0.25, 0.3) is 0 Å². The second-order valence-electron chi connectivity index (χ2n) is 6.41. The number of nitrogens with two attached hydrogens (primary N) is 1. The van der Waals surface area contributed by atoms with Crippen LogP contribution in [-0.2, 0) is 6.54 Å². The second-order valence-corrected chi connectivity index (χ2v) is 6.41. The number of halogens is 3. The third-order valence-electron chi connectivity index (χ3n) is 4.06. The van der Waals surface area contributed by atoms with Crippen molar-refractivity contribution in [3.05, 3.63) is 78.1 Å². The summed E-state index contributed by atoms with van der Waals surface area (Å²) in [6.07, 6.45) is -0.625. The molecule has 0 radical (unpaired) electrons. The Bertz CT molecular complexity index is 1080. The Morgan fingerprint density at radius 1 is 1.16 bits per heavy atom. The van der Waals surface area contributed by atoms with Crippen LogP contribution in [-0.4, -0.2) is 40.8 Å². The molecule has 11 heteroatoms. The molecule has 0 aliphatic rings. The van der Waals surface area contributed by atoms with E-state index in [0.29, 0.717) is 36.2 Å². The monoisotopic (exact) mass is 444 g/mol. The highest BCUT2D eigenvalue weighted by Crippen LogP contribution is 2.24. The fourth-order valence-electron chi connectivity index (χ4n) is 2.57. The van der Waals surface area contributed by atoms with Gasteiger partial charge in [-0.2, -0.15) is 10.1 Å². The minimum absolute atomic E-state index is 0.143. The minimum atomic E-state index is -4.77. The van der Waals surface area contributed by atoms with Crippen LogP contribution in [0.2, 0.25) is 0 Å². The van der Waals surface area contributed by atoms with E-state index < -0.39 is 6.36 Å². The lowest BCUT2D eigenvalue weighted by atomic mass is 10.1. The fourth-order valence-corrected chi connectivity index (χ4v) is 2.57. The van der Waals surface area contributed by atoms with E-state index in [1.165, 1.54) is 24.3 Å². The van der Waals surface area contributed by atoms with E-state index in [4.69, 9.17) is 5.73 Å². The summed E-state index contributed by atoms with van der Waals surface area (Å²) in [5, 5.41) is 7.03. The molecule has 0 spiro atoms. The van der Waals surface area contributed by atoms with Gasteiger partial charge < -0.3 is 15.8 Å². The van der Waals surface area contributed by atoms with Gasteiger partial charge in [-0.05, 0) is 30.3 Å². The van der Waals surface area contributed by atoms with E-state index in [2.05, 4.69) is 25.1 Å². The highest BCUT2D eigenvalue weighted by atomic mass is 19.4. The van der Waals surface area contributed by atoms with Crippen LogP contribution in [0.1, 0.15) is 15.9 Å². The molecule has 0 fully saturated rings. The molecule has 3 aromatic rings. The summed E-state index contributed by atoms with van der Waals surface area (Å²) in [6, 6.07) is 13.4. The number of nitrogens with one attached hydrogen (secondary N) is 1. The molecular weight excluding hydrogens is 425 g/mol. The number of amidine groups is 1. The first kappa shape index (κ1) is 22.5. The third kappa shape index (κ3) is 6.97. The van der Waals surface area contributed by atoms with Gasteiger partial charge in [0.2, 0.25) is 5.96 Å². The first-order valence-corrected chi connectivity index (χ1v) is 9.37. The van der Waals surface area contributed by atoms with Crippen molar-refractivity contribution in [3.8, 4) is 5.75 Å². The van der Waals surface area contributed by atoms with Gasteiger partial charge in [0.05, 0.1) is 13.1 Å². The number of hydrogen-bond acceptors (Lipinski definition) is 4. The van der Waals surface area contributed by atoms with Crippen LogP contribution in [0.5, 0.6) is 5.75 Å². The molecule has 3 rings (SSSR count). The van der Waals surface area contributed by atoms with Crippen molar-refractivity contribution in [2.45, 2.75) is 12.9 Å². The van der Waals surface area contributed by atoms with E-state index >= 15 is 0 Å². The maximum Gasteiger partial charge on any atom is 0.573 e. The lowest BCUT2D eigenvalue weighted by Gasteiger charge is -2.11. The normalized spacial score (nSPS) is 12.5. The minimum Gasteiger partial charge on any atom is -0.406 e. The number of anilines is 1. The summed E-state index contributed by atoms with van der Waals surface area (Å²) in [5.41, 5.74) is 7.58. The zero-order chi connectivity index (χ0) is 23.0. The standard InChI is InChI=1S/C21H19F3N6O2/c22-21(23,24)32-18-8-6-17(7-9-18)28-20(26-11-13-30-12-1-10-27-30)29-19(25)16-4-2-15(14-31)3-5-16/h1-10,12,14H,11,13H2,(H3,25,26,28,29). The highest BCUT2D eigenvalue weighted by molar-refractivity contribution is 6.08. The van der Waals surface area contributed by atoms with Crippen molar-refractivity contribution in [1.82, 2.24) is 9.78 Å². The van der Waals surface area contributed by atoms with Gasteiger partial charge in [-0.3, -0.25) is 9.48 Å². The molecule has 0 aliphatic heterocycles. The largest absolute Gasteiger partial charge is 0.573 e. The van der Waals surface area contributed by atoms with Gasteiger partial charge >= 0.3 is 6.36 Å². The van der Waals surface area contributed by atoms with Gasteiger partial charge in [0.1, 0.15) is 17.9 Å². The Morgan fingerprint density at radius 3 is 2.47 bits per heavy atom. The summed E-state index contributed by atoms with van der Waals surface area (Å²) >= 11 is 0. The molecule has 32 heavy (non-hydrogen) atoms. The van der Waals surface area contributed by atoms with Gasteiger partial charge in [-0.1, -0.05) is 24.3 Å². The number of carbonyl (C=O) groups is 1. The Balaban J connectivity index is 1.78. The Hall–Kier alpha value is -4.15. The van der Waals surface area contributed by atoms with Crippen molar-refractivity contribution in [1.29, 1.82) is 0 Å². The number of aliphatic imine (C=N–C) groups is 2. The van der Waals surface area contributed by atoms with Crippen LogP contribution in [0.25, 0.3) is 0 Å². The van der Waals surface area contributed by atoms with Crippen molar-refractivity contribution in [2.24, 2.45) is 15.7 Å². The predicted octanol–water partition coefficient (Wildman–Crippen LogP) is 3.47. The molecule has 3 N–H and O–H groups in total. The smallest absolute Gasteiger partial charge is 0.406 e. The summed E-state index contributed by atoms with van der Waals surface area (Å²) in [6.45, 7) is 0.806. The molecular formula is C21H19F3N6O2. The molecule has 0 unspecified atom stereocenters. The average Bonchev–Trinajstić information content (AvgIpc) is 3.27. The van der Waals surface area contributed by atoms with Gasteiger partial charge in [0.15, 0.2) is 0 Å². The zero-order valence-corrected chi connectivity index (χ0v) is 16.7. The summed E-state index contributed by atoms with van der Waals surface area (Å²) in [4.78, 5) is 19.5. The first-order chi connectivity index (χ1) is 15.3. The molecule has 0 saturated carbocycles. The lowest BCUT2D eigenvalue weighted by molar-refractivity contribution is -0.274. The number of hydrogen-bond donors (Lipinski definition) is 2. The summed E-state index contributed by atoms with van der Waals surface area (Å²) in [5.74, 6) is -0.0538. The van der Waals surface area contributed by atoms with Crippen molar-refractivity contribution in [2.75, 3.05) is 11.9 Å². The highest BCUT2D eigenvalue weighted by Gasteiger charge is 2.30. The second kappa shape index (κ2) is 10.2. The molecule has 1 heterocycles. The number of aldehydes is 1. The van der Waals surface area contributed by atoms with Crippen LogP contribution in [0.3, 0.4) is 0 Å². The molecule has 2 aromatic carbocycles. The maximum atomic E-state index is 12.3. The Kier molecular flexibility index (Phi) is 7.21. The lowest BCUT2D eigenvalue weighted by Crippen LogP contribution is -2.20. The molecule has 0 amide bonds. The quantitative estimate of drug-likeness (QED) is 0.330. The van der Waals surface area contributed by atoms with Gasteiger partial charge in [0, 0.05) is 29.2 Å². The SMILES string of the molecule is N/C(=N\C(=NCCn1cccn1)Nc1ccc(OC(F)(F)F)cc1)c1ccc(C=O)cc1. The summed E-state index contributed by atoms with van der Waals surface area (Å²) in [7, 11) is 0. The number of ether oxygens (including phenoxy) is 1. The molecule has 0 aliphatic carbocycles. The van der Waals surface area contributed by atoms with Gasteiger partial charge in [-0.25, -0.2) is 4.99 Å². The van der Waals surface area contributed by atoms with E-state index in [1.807, 2.05) is 0 Å². The van der Waals surface area contributed by atoms with Crippen LogP contribution in [0.4, 0.5) is 18.9 Å². The number of guanidine groups is 1. The molecule has 1 aromatic heterocycles. The molecule has 0 atom stereocenters.